The van der Waals surface area contributed by atoms with Crippen LogP contribution in [0.5, 0.6) is 11.5 Å². The van der Waals surface area contributed by atoms with E-state index in [1.54, 1.807) is 4.90 Å². The maximum absolute atomic E-state index is 11.8. The minimum atomic E-state index is -0.227. The van der Waals surface area contributed by atoms with E-state index in [0.717, 1.165) is 37.3 Å². The van der Waals surface area contributed by atoms with Crippen LogP contribution in [0.15, 0.2) is 17.1 Å². The van der Waals surface area contributed by atoms with Crippen molar-refractivity contribution in [2.24, 2.45) is 4.99 Å². The second-order valence-corrected chi connectivity index (χ2v) is 7.62. The molecule has 0 atom stereocenters. The van der Waals surface area contributed by atoms with Crippen molar-refractivity contribution >= 4 is 47.6 Å². The molecule has 1 saturated heterocycles. The Hall–Kier alpha value is -1.62. The van der Waals surface area contributed by atoms with E-state index in [4.69, 9.17) is 30.8 Å². The number of piperidine rings is 1. The Bertz CT molecular complexity index is 757. The summed E-state index contributed by atoms with van der Waals surface area (Å²) in [7, 11) is 0. The third-order valence-corrected chi connectivity index (χ3v) is 5.31. The minimum Gasteiger partial charge on any atom is -0.486 e. The number of aliphatic imine (C=N–C) groups is 1. The van der Waals surface area contributed by atoms with Crippen LogP contribution in [0.4, 0.5) is 4.79 Å². The molecule has 0 radical (unpaired) electrons. The van der Waals surface area contributed by atoms with Crippen LogP contribution in [0.2, 0.25) is 5.02 Å². The quantitative estimate of drug-likeness (QED) is 0.312. The van der Waals surface area contributed by atoms with Gasteiger partial charge in [-0.1, -0.05) is 11.6 Å². The average Bonchev–Trinajstić information content (AvgIpc) is 2.74. The van der Waals surface area contributed by atoms with E-state index in [2.05, 4.69) is 10.6 Å². The molecule has 8 nitrogen and oxygen atoms in total. The number of likely N-dealkylation sites (tertiary alicyclic amines) is 1. The van der Waals surface area contributed by atoms with Gasteiger partial charge < -0.3 is 29.7 Å². The van der Waals surface area contributed by atoms with E-state index in [0.29, 0.717) is 56.0 Å². The van der Waals surface area contributed by atoms with Crippen LogP contribution < -0.4 is 20.1 Å². The second-order valence-electron chi connectivity index (χ2n) is 7.22. The van der Waals surface area contributed by atoms with Crippen LogP contribution in [0.1, 0.15) is 32.3 Å². The van der Waals surface area contributed by atoms with E-state index >= 15 is 0 Å². The largest absolute Gasteiger partial charge is 0.486 e. The highest BCUT2D eigenvalue weighted by molar-refractivity contribution is 14.0. The number of carbonyl (C=O) groups is 1. The monoisotopic (exact) mass is 566 g/mol. The molecule has 174 valence electrons. The molecule has 0 aliphatic carbocycles. The Kier molecular flexibility index (Phi) is 10.8. The fourth-order valence-electron chi connectivity index (χ4n) is 3.54. The van der Waals surface area contributed by atoms with E-state index in [9.17, 15) is 4.79 Å². The summed E-state index contributed by atoms with van der Waals surface area (Å²) in [6.07, 6.45) is 2.24. The molecule has 2 aliphatic heterocycles. The number of benzene rings is 1. The van der Waals surface area contributed by atoms with Crippen molar-refractivity contribution in [2.75, 3.05) is 46.0 Å². The number of nitrogens with zero attached hydrogens (tertiary/aromatic N) is 2. The molecule has 0 bridgehead atoms. The van der Waals surface area contributed by atoms with E-state index in [1.807, 2.05) is 26.0 Å². The van der Waals surface area contributed by atoms with Crippen molar-refractivity contribution in [3.63, 3.8) is 0 Å². The average molecular weight is 567 g/mol. The Morgan fingerprint density at radius 3 is 2.71 bits per heavy atom. The van der Waals surface area contributed by atoms with Gasteiger partial charge in [0.2, 0.25) is 0 Å². The summed E-state index contributed by atoms with van der Waals surface area (Å²) in [4.78, 5) is 18.3. The molecule has 2 N–H and O–H groups in total. The third-order valence-electron chi connectivity index (χ3n) is 5.03. The van der Waals surface area contributed by atoms with Gasteiger partial charge in [0.1, 0.15) is 13.2 Å². The van der Waals surface area contributed by atoms with E-state index < -0.39 is 0 Å². The fourth-order valence-corrected chi connectivity index (χ4v) is 3.83. The summed E-state index contributed by atoms with van der Waals surface area (Å²) in [5.74, 6) is 2.11. The molecular formula is C21H32ClIN4O4. The number of rotatable bonds is 6. The summed E-state index contributed by atoms with van der Waals surface area (Å²) in [6, 6.07) is 4.16. The van der Waals surface area contributed by atoms with Crippen molar-refractivity contribution in [2.45, 2.75) is 39.2 Å². The number of guanidine groups is 1. The summed E-state index contributed by atoms with van der Waals surface area (Å²) in [6.45, 7) is 8.10. The lowest BCUT2D eigenvalue weighted by Crippen LogP contribution is -2.50. The van der Waals surface area contributed by atoms with Crippen molar-refractivity contribution in [1.29, 1.82) is 0 Å². The predicted octanol–water partition coefficient (Wildman–Crippen LogP) is 3.45. The molecule has 3 rings (SSSR count). The van der Waals surface area contributed by atoms with Gasteiger partial charge in [-0.2, -0.15) is 0 Å². The van der Waals surface area contributed by atoms with Gasteiger partial charge in [-0.15, -0.1) is 24.0 Å². The van der Waals surface area contributed by atoms with E-state index in [-0.39, 0.29) is 36.1 Å². The molecule has 0 saturated carbocycles. The first-order valence-electron chi connectivity index (χ1n) is 10.6. The first kappa shape index (κ1) is 25.6. The summed E-state index contributed by atoms with van der Waals surface area (Å²) in [5, 5.41) is 7.35. The van der Waals surface area contributed by atoms with Gasteiger partial charge in [0, 0.05) is 32.2 Å². The Morgan fingerprint density at radius 1 is 1.26 bits per heavy atom. The number of halogens is 2. The van der Waals surface area contributed by atoms with Gasteiger partial charge in [-0.25, -0.2) is 4.79 Å². The number of carbonyl (C=O) groups excluding carboxylic acids is 1. The van der Waals surface area contributed by atoms with Crippen LogP contribution in [0, 0.1) is 0 Å². The molecule has 1 aromatic rings. The number of nitrogens with one attached hydrogen (secondary N) is 2. The van der Waals surface area contributed by atoms with Crippen LogP contribution in [-0.4, -0.2) is 69.0 Å². The van der Waals surface area contributed by atoms with Gasteiger partial charge in [0.25, 0.3) is 0 Å². The highest BCUT2D eigenvalue weighted by atomic mass is 127. The lowest BCUT2D eigenvalue weighted by molar-refractivity contribution is 0.0963. The number of hydrogen-bond acceptors (Lipinski definition) is 5. The van der Waals surface area contributed by atoms with Gasteiger partial charge in [-0.05, 0) is 50.8 Å². The topological polar surface area (TPSA) is 84.4 Å². The maximum Gasteiger partial charge on any atom is 0.409 e. The van der Waals surface area contributed by atoms with Gasteiger partial charge in [0.15, 0.2) is 17.5 Å². The highest BCUT2D eigenvalue weighted by Crippen LogP contribution is 2.38. The highest BCUT2D eigenvalue weighted by Gasteiger charge is 2.24. The van der Waals surface area contributed by atoms with Crippen LogP contribution in [0.25, 0.3) is 0 Å². The smallest absolute Gasteiger partial charge is 0.409 e. The van der Waals surface area contributed by atoms with Crippen LogP contribution >= 0.6 is 35.6 Å². The molecule has 0 aromatic heterocycles. The zero-order valence-electron chi connectivity index (χ0n) is 18.1. The predicted molar refractivity (Wildman–Crippen MR) is 132 cm³/mol. The zero-order chi connectivity index (χ0) is 21.3. The number of hydrogen-bond donors (Lipinski definition) is 2. The van der Waals surface area contributed by atoms with Crippen molar-refractivity contribution in [3.8, 4) is 11.5 Å². The summed E-state index contributed by atoms with van der Waals surface area (Å²) in [5.41, 5.74) is 1.06. The van der Waals surface area contributed by atoms with Crippen LogP contribution in [0.3, 0.4) is 0 Å². The maximum atomic E-state index is 11.8. The molecule has 2 heterocycles. The minimum absolute atomic E-state index is 0. The van der Waals surface area contributed by atoms with Crippen molar-refractivity contribution < 1.29 is 19.0 Å². The Labute approximate surface area is 206 Å². The lowest BCUT2D eigenvalue weighted by Gasteiger charge is -2.32. The number of ether oxygens (including phenoxy) is 3. The number of amides is 1. The van der Waals surface area contributed by atoms with Gasteiger partial charge in [0.05, 0.1) is 11.6 Å². The first-order chi connectivity index (χ1) is 14.6. The summed E-state index contributed by atoms with van der Waals surface area (Å²) < 4.78 is 16.3. The molecule has 1 amide bonds. The van der Waals surface area contributed by atoms with E-state index in [1.165, 1.54) is 0 Å². The lowest BCUT2D eigenvalue weighted by atomic mass is 10.1. The van der Waals surface area contributed by atoms with Crippen molar-refractivity contribution in [1.82, 2.24) is 15.5 Å². The molecule has 2 aliphatic rings. The zero-order valence-corrected chi connectivity index (χ0v) is 21.2. The molecular weight excluding hydrogens is 535 g/mol. The molecule has 1 aromatic carbocycles. The SMILES string of the molecule is CCNC(=NCCc1cc(Cl)c2c(c1)OCCO2)NC1CCN(C(=O)OCC)CC1.I. The Morgan fingerprint density at radius 2 is 2.00 bits per heavy atom. The van der Waals surface area contributed by atoms with Crippen molar-refractivity contribution in [3.05, 3.63) is 22.7 Å². The molecule has 1 fully saturated rings. The molecule has 31 heavy (non-hydrogen) atoms. The third kappa shape index (κ3) is 7.48. The number of fused-ring (bicyclic) bond motifs is 1. The molecule has 0 unspecified atom stereocenters. The Balaban J connectivity index is 0.00000341. The van der Waals surface area contributed by atoms with Gasteiger partial charge in [-0.3, -0.25) is 4.99 Å². The first-order valence-corrected chi connectivity index (χ1v) is 11.0. The second kappa shape index (κ2) is 13.0. The summed E-state index contributed by atoms with van der Waals surface area (Å²) >= 11 is 6.32. The standard InChI is InChI=1S/C21H31ClN4O4.HI/c1-3-23-20(25-16-6-9-26(10-7-16)21(27)28-4-2)24-8-5-15-13-17(22)19-18(14-15)29-11-12-30-19;/h13-14,16H,3-12H2,1-2H3,(H2,23,24,25);1H. The normalized spacial score (nSPS) is 16.4. The van der Waals surface area contributed by atoms with Crippen LogP contribution in [-0.2, 0) is 11.2 Å². The van der Waals surface area contributed by atoms with Gasteiger partial charge >= 0.3 is 6.09 Å². The molecule has 10 heteroatoms. The molecule has 0 spiro atoms. The fraction of sp³-hybridized carbons (Fsp3) is 0.619.